The molecule has 0 fully saturated rings. The summed E-state index contributed by atoms with van der Waals surface area (Å²) in [4.78, 5) is 9.88. The second kappa shape index (κ2) is 5.90. The molecule has 0 atom stereocenters. The number of nitrogen functional groups attached to an aromatic ring is 1. The van der Waals surface area contributed by atoms with Crippen molar-refractivity contribution in [2.24, 2.45) is 0 Å². The number of hydrogen-bond donors (Lipinski definition) is 2. The molecule has 8 heteroatoms. The van der Waals surface area contributed by atoms with Crippen LogP contribution in [0.3, 0.4) is 0 Å². The molecule has 3 N–H and O–H groups in total. The van der Waals surface area contributed by atoms with Crippen molar-refractivity contribution in [3.05, 3.63) is 64.2 Å². The maximum Gasteiger partial charge on any atom is 0.292 e. The topological polar surface area (TPSA) is 115 Å². The van der Waals surface area contributed by atoms with Gasteiger partial charge in [0.15, 0.2) is 0 Å². The van der Waals surface area contributed by atoms with Gasteiger partial charge in [0.05, 0.1) is 9.82 Å². The van der Waals surface area contributed by atoms with Crippen LogP contribution >= 0.6 is 0 Å². The molecule has 0 amide bonds. The van der Waals surface area contributed by atoms with E-state index >= 15 is 0 Å². The lowest BCUT2D eigenvalue weighted by Gasteiger charge is -2.07. The van der Waals surface area contributed by atoms with Crippen LogP contribution in [-0.2, 0) is 16.6 Å². The van der Waals surface area contributed by atoms with E-state index in [-0.39, 0.29) is 22.8 Å². The molecule has 0 saturated carbocycles. The predicted octanol–water partition coefficient (Wildman–Crippen LogP) is 1.66. The van der Waals surface area contributed by atoms with E-state index in [2.05, 4.69) is 4.72 Å². The van der Waals surface area contributed by atoms with Crippen molar-refractivity contribution < 1.29 is 13.3 Å². The summed E-state index contributed by atoms with van der Waals surface area (Å²) in [5.74, 6) is 0. The Hall–Kier alpha value is -2.45. The summed E-state index contributed by atoms with van der Waals surface area (Å²) in [5, 5.41) is 10.7. The number of nitro groups is 1. The van der Waals surface area contributed by atoms with Gasteiger partial charge in [0.2, 0.25) is 10.0 Å². The highest BCUT2D eigenvalue weighted by Gasteiger charge is 2.18. The van der Waals surface area contributed by atoms with Crippen molar-refractivity contribution in [1.82, 2.24) is 4.72 Å². The number of nitro benzene ring substituents is 1. The van der Waals surface area contributed by atoms with E-state index < -0.39 is 14.9 Å². The lowest BCUT2D eigenvalue weighted by atomic mass is 10.2. The van der Waals surface area contributed by atoms with Gasteiger partial charge in [-0.2, -0.15) is 0 Å². The fourth-order valence-corrected chi connectivity index (χ4v) is 2.78. The average Bonchev–Trinajstić information content (AvgIpc) is 2.46. The number of nitrogens with two attached hydrogens (primary N) is 1. The van der Waals surface area contributed by atoms with Gasteiger partial charge < -0.3 is 5.73 Å². The maximum absolute atomic E-state index is 12.1. The number of sulfonamides is 1. The van der Waals surface area contributed by atoms with Gasteiger partial charge in [-0.1, -0.05) is 30.3 Å². The number of anilines is 1. The molecule has 0 radical (unpaired) electrons. The summed E-state index contributed by atoms with van der Waals surface area (Å²) in [6.45, 7) is 0.125. The van der Waals surface area contributed by atoms with Crippen LogP contribution in [0.4, 0.5) is 11.4 Å². The molecule has 0 saturated heterocycles. The van der Waals surface area contributed by atoms with Crippen molar-refractivity contribution in [2.45, 2.75) is 11.4 Å². The van der Waals surface area contributed by atoms with Crippen LogP contribution in [0.2, 0.25) is 0 Å². The number of nitrogens with zero attached hydrogens (tertiary/aromatic N) is 1. The van der Waals surface area contributed by atoms with E-state index in [1.807, 2.05) is 6.07 Å². The summed E-state index contributed by atoms with van der Waals surface area (Å²) in [7, 11) is -3.78. The molecule has 0 aromatic heterocycles. The van der Waals surface area contributed by atoms with Crippen molar-refractivity contribution in [2.75, 3.05) is 5.73 Å². The minimum Gasteiger partial charge on any atom is -0.393 e. The molecule has 2 rings (SSSR count). The van der Waals surface area contributed by atoms with Gasteiger partial charge in [-0.15, -0.1) is 0 Å². The second-order valence-corrected chi connectivity index (χ2v) is 6.05. The third-order valence-electron chi connectivity index (χ3n) is 2.82. The summed E-state index contributed by atoms with van der Waals surface area (Å²) in [5.41, 5.74) is 5.78. The SMILES string of the molecule is Nc1cc(S(=O)(=O)NCc2ccccc2)ccc1[N+](=O)[O-]. The molecule has 2 aromatic rings. The van der Waals surface area contributed by atoms with Gasteiger partial charge >= 0.3 is 0 Å². The molecule has 0 heterocycles. The van der Waals surface area contributed by atoms with E-state index in [1.54, 1.807) is 24.3 Å². The molecular weight excluding hydrogens is 294 g/mol. The molecule has 0 aliphatic heterocycles. The normalized spacial score (nSPS) is 11.2. The van der Waals surface area contributed by atoms with Crippen molar-refractivity contribution in [1.29, 1.82) is 0 Å². The first-order valence-corrected chi connectivity index (χ1v) is 7.46. The molecule has 2 aromatic carbocycles. The first-order chi connectivity index (χ1) is 9.90. The van der Waals surface area contributed by atoms with Crippen LogP contribution in [0, 0.1) is 10.1 Å². The quantitative estimate of drug-likeness (QED) is 0.495. The standard InChI is InChI=1S/C13H13N3O4S/c14-12-8-11(6-7-13(12)16(17)18)21(19,20)15-9-10-4-2-1-3-5-10/h1-8,15H,9,14H2. The molecule has 21 heavy (non-hydrogen) atoms. The molecule has 110 valence electrons. The Kier molecular flexibility index (Phi) is 4.20. The van der Waals surface area contributed by atoms with Crippen LogP contribution in [0.1, 0.15) is 5.56 Å². The monoisotopic (exact) mass is 307 g/mol. The highest BCUT2D eigenvalue weighted by Crippen LogP contribution is 2.24. The Bertz CT molecular complexity index is 760. The van der Waals surface area contributed by atoms with Crippen LogP contribution < -0.4 is 10.5 Å². The van der Waals surface area contributed by atoms with E-state index in [4.69, 9.17) is 5.73 Å². The predicted molar refractivity (Wildman–Crippen MR) is 78.0 cm³/mol. The number of rotatable bonds is 5. The number of nitrogens with one attached hydrogen (secondary N) is 1. The van der Waals surface area contributed by atoms with Crippen LogP contribution in [0.15, 0.2) is 53.4 Å². The summed E-state index contributed by atoms with van der Waals surface area (Å²) < 4.78 is 26.6. The average molecular weight is 307 g/mol. The zero-order chi connectivity index (χ0) is 15.5. The van der Waals surface area contributed by atoms with Crippen LogP contribution in [0.5, 0.6) is 0 Å². The first kappa shape index (κ1) is 14.9. The summed E-state index contributed by atoms with van der Waals surface area (Å²) >= 11 is 0. The van der Waals surface area contributed by atoms with Crippen LogP contribution in [-0.4, -0.2) is 13.3 Å². The fourth-order valence-electron chi connectivity index (χ4n) is 1.72. The van der Waals surface area contributed by atoms with E-state index in [0.29, 0.717) is 0 Å². The van der Waals surface area contributed by atoms with Crippen molar-refractivity contribution >= 4 is 21.4 Å². The zero-order valence-electron chi connectivity index (χ0n) is 10.9. The lowest BCUT2D eigenvalue weighted by Crippen LogP contribution is -2.23. The van der Waals surface area contributed by atoms with E-state index in [9.17, 15) is 18.5 Å². The lowest BCUT2D eigenvalue weighted by molar-refractivity contribution is -0.383. The van der Waals surface area contributed by atoms with E-state index in [1.165, 1.54) is 0 Å². The third-order valence-corrected chi connectivity index (χ3v) is 4.21. The minimum atomic E-state index is -3.78. The Morgan fingerprint density at radius 3 is 2.38 bits per heavy atom. The van der Waals surface area contributed by atoms with Gasteiger partial charge in [-0.3, -0.25) is 10.1 Å². The molecule has 0 aliphatic rings. The van der Waals surface area contributed by atoms with E-state index in [0.717, 1.165) is 23.8 Å². The Morgan fingerprint density at radius 2 is 1.81 bits per heavy atom. The fraction of sp³-hybridized carbons (Fsp3) is 0.0769. The van der Waals surface area contributed by atoms with Gasteiger partial charge in [-0.05, 0) is 17.7 Å². The largest absolute Gasteiger partial charge is 0.393 e. The zero-order valence-corrected chi connectivity index (χ0v) is 11.7. The van der Waals surface area contributed by atoms with Crippen LogP contribution in [0.25, 0.3) is 0 Å². The van der Waals surface area contributed by atoms with Gasteiger partial charge in [0, 0.05) is 12.6 Å². The summed E-state index contributed by atoms with van der Waals surface area (Å²) in [6, 6.07) is 12.3. The Balaban J connectivity index is 2.20. The number of benzene rings is 2. The van der Waals surface area contributed by atoms with Crippen molar-refractivity contribution in [3.8, 4) is 0 Å². The highest BCUT2D eigenvalue weighted by molar-refractivity contribution is 7.89. The maximum atomic E-state index is 12.1. The molecule has 0 unspecified atom stereocenters. The summed E-state index contributed by atoms with van der Waals surface area (Å²) in [6.07, 6.45) is 0. The minimum absolute atomic E-state index is 0.110. The van der Waals surface area contributed by atoms with Crippen molar-refractivity contribution in [3.63, 3.8) is 0 Å². The Morgan fingerprint density at radius 1 is 1.14 bits per heavy atom. The Labute approximate surface area is 121 Å². The molecule has 7 nitrogen and oxygen atoms in total. The highest BCUT2D eigenvalue weighted by atomic mass is 32.2. The van der Waals surface area contributed by atoms with Gasteiger partial charge in [0.1, 0.15) is 5.69 Å². The second-order valence-electron chi connectivity index (χ2n) is 4.29. The first-order valence-electron chi connectivity index (χ1n) is 5.97. The smallest absolute Gasteiger partial charge is 0.292 e. The molecule has 0 spiro atoms. The van der Waals surface area contributed by atoms with Gasteiger partial charge in [0.25, 0.3) is 5.69 Å². The molecule has 0 bridgehead atoms. The van der Waals surface area contributed by atoms with Gasteiger partial charge in [-0.25, -0.2) is 13.1 Å². The number of hydrogen-bond acceptors (Lipinski definition) is 5. The molecule has 0 aliphatic carbocycles. The third kappa shape index (κ3) is 3.56. The molecular formula is C13H13N3O4S.